The molecule has 40 heavy (non-hydrogen) atoms. The SMILES string of the molecule is CC/C=C/CC/C=C/CC/C=C/C(O)C(COP(=O)([O-])OCC[N+](C)(C)C)NC(=O)CCCCCCCCCC. The zero-order chi connectivity index (χ0) is 30.1. The van der Waals surface area contributed by atoms with Crippen molar-refractivity contribution >= 4 is 13.7 Å². The van der Waals surface area contributed by atoms with Gasteiger partial charge in [0.25, 0.3) is 7.82 Å². The van der Waals surface area contributed by atoms with Crippen molar-refractivity contribution < 1.29 is 32.9 Å². The van der Waals surface area contributed by atoms with Crippen LogP contribution >= 0.6 is 7.82 Å². The van der Waals surface area contributed by atoms with Gasteiger partial charge in [-0.15, -0.1) is 0 Å². The average Bonchev–Trinajstić information content (AvgIpc) is 2.88. The standard InChI is InChI=1S/C31H59N2O6P/c1-6-8-10-12-14-16-17-18-20-22-24-30(34)29(28-39-40(36,37)38-27-26-33(3,4)5)32-31(35)25-23-21-19-15-13-11-9-7-2/h8,10,16-17,22,24,29-30,34H,6-7,9,11-15,18-21,23,25-28H2,1-5H3,(H-,32,35,36,37)/b10-8+,17-16+,24-22+. The summed E-state index contributed by atoms with van der Waals surface area (Å²) < 4.78 is 22.8. The minimum atomic E-state index is -4.57. The molecular formula is C31H59N2O6P. The third-order valence-electron chi connectivity index (χ3n) is 6.34. The lowest BCUT2D eigenvalue weighted by Gasteiger charge is -2.29. The Bertz CT molecular complexity index is 763. The van der Waals surface area contributed by atoms with Crippen LogP contribution in [0, 0.1) is 0 Å². The molecule has 0 heterocycles. The summed E-state index contributed by atoms with van der Waals surface area (Å²) in [5, 5.41) is 13.5. The van der Waals surface area contributed by atoms with Gasteiger partial charge in [-0.3, -0.25) is 9.36 Å². The van der Waals surface area contributed by atoms with Crippen molar-refractivity contribution in [2.24, 2.45) is 0 Å². The van der Waals surface area contributed by atoms with E-state index in [1.165, 1.54) is 32.1 Å². The molecule has 0 aliphatic heterocycles. The summed E-state index contributed by atoms with van der Waals surface area (Å²) in [5.74, 6) is -0.223. The van der Waals surface area contributed by atoms with Crippen LogP contribution in [0.3, 0.4) is 0 Å². The quantitative estimate of drug-likeness (QED) is 0.0540. The van der Waals surface area contributed by atoms with Crippen LogP contribution < -0.4 is 10.2 Å². The first-order valence-corrected chi connectivity index (χ1v) is 16.8. The minimum absolute atomic E-state index is 0.00931. The molecule has 3 unspecified atom stereocenters. The average molecular weight is 587 g/mol. The molecule has 0 bridgehead atoms. The van der Waals surface area contributed by atoms with E-state index in [2.05, 4.69) is 43.5 Å². The number of hydrogen-bond acceptors (Lipinski definition) is 6. The summed E-state index contributed by atoms with van der Waals surface area (Å²) in [6.45, 7) is 4.40. The van der Waals surface area contributed by atoms with Gasteiger partial charge in [-0.05, 0) is 38.5 Å². The van der Waals surface area contributed by atoms with Gasteiger partial charge in [0.1, 0.15) is 13.2 Å². The first kappa shape index (κ1) is 38.7. The Hall–Kier alpha value is -1.28. The molecule has 0 aromatic carbocycles. The van der Waals surface area contributed by atoms with Crippen molar-refractivity contribution in [2.75, 3.05) is 40.9 Å². The van der Waals surface area contributed by atoms with Crippen molar-refractivity contribution in [3.05, 3.63) is 36.5 Å². The molecule has 9 heteroatoms. The topological polar surface area (TPSA) is 108 Å². The van der Waals surface area contributed by atoms with E-state index in [1.807, 2.05) is 27.2 Å². The van der Waals surface area contributed by atoms with E-state index in [0.717, 1.165) is 51.4 Å². The first-order chi connectivity index (χ1) is 19.0. The van der Waals surface area contributed by atoms with Crippen LogP contribution in [-0.2, 0) is 18.4 Å². The molecule has 2 N–H and O–H groups in total. The van der Waals surface area contributed by atoms with E-state index in [4.69, 9.17) is 9.05 Å². The zero-order valence-electron chi connectivity index (χ0n) is 26.0. The number of aliphatic hydroxyl groups excluding tert-OH is 1. The molecule has 0 aromatic heterocycles. The van der Waals surface area contributed by atoms with Gasteiger partial charge in [-0.1, -0.05) is 95.2 Å². The highest BCUT2D eigenvalue weighted by atomic mass is 31.2. The number of phosphoric acid groups is 1. The Morgan fingerprint density at radius 2 is 1.43 bits per heavy atom. The summed E-state index contributed by atoms with van der Waals surface area (Å²) in [5.41, 5.74) is 0. The minimum Gasteiger partial charge on any atom is -0.756 e. The number of rotatable bonds is 26. The van der Waals surface area contributed by atoms with Crippen LogP contribution in [0.4, 0.5) is 0 Å². The monoisotopic (exact) mass is 586 g/mol. The van der Waals surface area contributed by atoms with Crippen LogP contribution in [0.2, 0.25) is 0 Å². The molecule has 0 spiro atoms. The molecule has 0 aromatic rings. The Balaban J connectivity index is 4.77. The molecule has 0 aliphatic rings. The zero-order valence-corrected chi connectivity index (χ0v) is 26.9. The molecule has 0 saturated heterocycles. The molecule has 8 nitrogen and oxygen atoms in total. The molecule has 3 atom stereocenters. The van der Waals surface area contributed by atoms with E-state index in [-0.39, 0.29) is 12.5 Å². The summed E-state index contributed by atoms with van der Waals surface area (Å²) >= 11 is 0. The lowest BCUT2D eigenvalue weighted by Crippen LogP contribution is -2.45. The highest BCUT2D eigenvalue weighted by molar-refractivity contribution is 7.45. The number of quaternary nitrogens is 1. The predicted molar refractivity (Wildman–Crippen MR) is 164 cm³/mol. The van der Waals surface area contributed by atoms with E-state index in [9.17, 15) is 19.4 Å². The Morgan fingerprint density at radius 1 is 0.875 bits per heavy atom. The van der Waals surface area contributed by atoms with Crippen LogP contribution in [0.25, 0.3) is 0 Å². The molecule has 234 valence electrons. The maximum Gasteiger partial charge on any atom is 0.268 e. The second-order valence-electron chi connectivity index (χ2n) is 11.4. The maximum atomic E-state index is 12.6. The number of amides is 1. The summed E-state index contributed by atoms with van der Waals surface area (Å²) in [7, 11) is 1.22. The van der Waals surface area contributed by atoms with Gasteiger partial charge in [0.2, 0.25) is 5.91 Å². The number of aliphatic hydroxyl groups is 1. The van der Waals surface area contributed by atoms with Gasteiger partial charge in [0.15, 0.2) is 0 Å². The number of carbonyl (C=O) groups excluding carboxylic acids is 1. The number of carbonyl (C=O) groups is 1. The highest BCUT2D eigenvalue weighted by Gasteiger charge is 2.23. The molecular weight excluding hydrogens is 527 g/mol. The first-order valence-electron chi connectivity index (χ1n) is 15.4. The van der Waals surface area contributed by atoms with E-state index in [1.54, 1.807) is 6.08 Å². The molecule has 0 fully saturated rings. The second kappa shape index (κ2) is 24.3. The van der Waals surface area contributed by atoms with Crippen molar-refractivity contribution in [3.8, 4) is 0 Å². The number of likely N-dealkylation sites (N-methyl/N-ethyl adjacent to an activating group) is 1. The van der Waals surface area contributed by atoms with Gasteiger partial charge in [-0.2, -0.15) is 0 Å². The maximum absolute atomic E-state index is 12.6. The second-order valence-corrected chi connectivity index (χ2v) is 12.8. The van der Waals surface area contributed by atoms with E-state index >= 15 is 0 Å². The van der Waals surface area contributed by atoms with Crippen molar-refractivity contribution in [1.82, 2.24) is 5.32 Å². The summed E-state index contributed by atoms with van der Waals surface area (Å²) in [6.07, 6.45) is 24.9. The van der Waals surface area contributed by atoms with Gasteiger partial charge in [-0.25, -0.2) is 0 Å². The van der Waals surface area contributed by atoms with Gasteiger partial charge in [0, 0.05) is 6.42 Å². The number of allylic oxidation sites excluding steroid dienone is 5. The van der Waals surface area contributed by atoms with Crippen LogP contribution in [0.5, 0.6) is 0 Å². The Morgan fingerprint density at radius 3 is 2.00 bits per heavy atom. The fourth-order valence-electron chi connectivity index (χ4n) is 3.83. The number of nitrogens with one attached hydrogen (secondary N) is 1. The third kappa shape index (κ3) is 25.7. The largest absolute Gasteiger partial charge is 0.756 e. The van der Waals surface area contributed by atoms with Gasteiger partial charge < -0.3 is 28.8 Å². The van der Waals surface area contributed by atoms with Crippen molar-refractivity contribution in [2.45, 2.75) is 116 Å². The van der Waals surface area contributed by atoms with Gasteiger partial charge >= 0.3 is 0 Å². The molecule has 0 saturated carbocycles. The smallest absolute Gasteiger partial charge is 0.268 e. The number of nitrogens with zero attached hydrogens (tertiary/aromatic N) is 1. The highest BCUT2D eigenvalue weighted by Crippen LogP contribution is 2.38. The van der Waals surface area contributed by atoms with Gasteiger partial charge in [0.05, 0.1) is 39.9 Å². The van der Waals surface area contributed by atoms with Crippen LogP contribution in [0.1, 0.15) is 104 Å². The summed E-state index contributed by atoms with van der Waals surface area (Å²) in [4.78, 5) is 24.8. The fraction of sp³-hybridized carbons (Fsp3) is 0.774. The lowest BCUT2D eigenvalue weighted by atomic mass is 10.1. The van der Waals surface area contributed by atoms with E-state index < -0.39 is 26.6 Å². The number of phosphoric ester groups is 1. The predicted octanol–water partition coefficient (Wildman–Crippen LogP) is 6.21. The molecule has 0 rings (SSSR count). The third-order valence-corrected chi connectivity index (χ3v) is 7.31. The van der Waals surface area contributed by atoms with Crippen LogP contribution in [0.15, 0.2) is 36.5 Å². The molecule has 0 radical (unpaired) electrons. The Labute approximate surface area is 245 Å². The Kier molecular flexibility index (Phi) is 23.6. The number of unbranched alkanes of at least 4 members (excludes halogenated alkanes) is 9. The fourth-order valence-corrected chi connectivity index (χ4v) is 4.56. The number of hydrogen-bond donors (Lipinski definition) is 2. The van der Waals surface area contributed by atoms with E-state index in [0.29, 0.717) is 17.4 Å². The summed E-state index contributed by atoms with van der Waals surface area (Å²) in [6, 6.07) is -0.900. The normalized spacial score (nSPS) is 15.7. The molecule has 0 aliphatic carbocycles. The lowest BCUT2D eigenvalue weighted by molar-refractivity contribution is -0.870. The molecule has 1 amide bonds. The van der Waals surface area contributed by atoms with Crippen molar-refractivity contribution in [3.63, 3.8) is 0 Å². The van der Waals surface area contributed by atoms with Crippen molar-refractivity contribution in [1.29, 1.82) is 0 Å². The van der Waals surface area contributed by atoms with Crippen LogP contribution in [-0.4, -0.2) is 68.5 Å².